The van der Waals surface area contributed by atoms with E-state index in [1.807, 2.05) is 0 Å². The van der Waals surface area contributed by atoms with E-state index in [2.05, 4.69) is 5.32 Å². The summed E-state index contributed by atoms with van der Waals surface area (Å²) in [6, 6.07) is 4.20. The largest absolute Gasteiger partial charge is 0.508 e. The van der Waals surface area contributed by atoms with E-state index in [1.54, 1.807) is 6.07 Å². The van der Waals surface area contributed by atoms with Crippen molar-refractivity contribution < 1.29 is 9.50 Å². The molecule has 0 unspecified atom stereocenters. The number of phenols is 1. The van der Waals surface area contributed by atoms with Gasteiger partial charge >= 0.3 is 0 Å². The maximum Gasteiger partial charge on any atom is 0.127 e. The Morgan fingerprint density at radius 2 is 1.94 bits per heavy atom. The van der Waals surface area contributed by atoms with Gasteiger partial charge in [0.15, 0.2) is 0 Å². The van der Waals surface area contributed by atoms with Crippen LogP contribution >= 0.6 is 0 Å². The minimum Gasteiger partial charge on any atom is -0.508 e. The maximum absolute atomic E-state index is 13.0. The van der Waals surface area contributed by atoms with E-state index in [4.69, 9.17) is 0 Å². The van der Waals surface area contributed by atoms with Crippen LogP contribution < -0.4 is 5.32 Å². The molecule has 3 heteroatoms. The monoisotopic (exact) mass is 251 g/mol. The molecule has 0 amide bonds. The minimum absolute atomic E-state index is 0.000851. The molecule has 2 N–H and O–H groups in total. The Bertz CT molecular complexity index is 355. The molecular weight excluding hydrogens is 229 g/mol. The Morgan fingerprint density at radius 1 is 1.17 bits per heavy atom. The molecule has 2 rings (SSSR count). The number of halogens is 1. The van der Waals surface area contributed by atoms with Crippen LogP contribution in [-0.4, -0.2) is 11.7 Å². The lowest BCUT2D eigenvalue weighted by Gasteiger charge is -2.21. The molecule has 18 heavy (non-hydrogen) atoms. The van der Waals surface area contributed by atoms with Crippen LogP contribution in [0.3, 0.4) is 0 Å². The molecule has 0 spiro atoms. The van der Waals surface area contributed by atoms with Gasteiger partial charge < -0.3 is 10.4 Å². The van der Waals surface area contributed by atoms with Gasteiger partial charge in [0.05, 0.1) is 0 Å². The second-order valence-electron chi connectivity index (χ2n) is 5.29. The molecule has 1 aromatic carbocycles. The van der Waals surface area contributed by atoms with Gasteiger partial charge in [-0.3, -0.25) is 0 Å². The fourth-order valence-corrected chi connectivity index (χ4v) is 2.75. The first-order valence-corrected chi connectivity index (χ1v) is 6.93. The van der Waals surface area contributed by atoms with E-state index < -0.39 is 0 Å². The average Bonchev–Trinajstić information content (AvgIpc) is 2.35. The smallest absolute Gasteiger partial charge is 0.127 e. The molecule has 1 aliphatic carbocycles. The number of hydrogen-bond acceptors (Lipinski definition) is 2. The molecule has 0 atom stereocenters. The first-order valence-electron chi connectivity index (χ1n) is 6.93. The molecule has 0 aliphatic heterocycles. The molecule has 0 radical (unpaired) electrons. The molecule has 1 saturated carbocycles. The van der Waals surface area contributed by atoms with Crippen molar-refractivity contribution in [3.63, 3.8) is 0 Å². The zero-order valence-corrected chi connectivity index (χ0v) is 10.8. The van der Waals surface area contributed by atoms with Gasteiger partial charge in [0.2, 0.25) is 0 Å². The lowest BCUT2D eigenvalue weighted by Crippen LogP contribution is -2.19. The zero-order valence-electron chi connectivity index (χ0n) is 10.8. The van der Waals surface area contributed by atoms with Crippen molar-refractivity contribution in [1.82, 2.24) is 5.32 Å². The molecule has 0 saturated heterocycles. The van der Waals surface area contributed by atoms with Gasteiger partial charge in [-0.05, 0) is 36.6 Å². The van der Waals surface area contributed by atoms with Gasteiger partial charge in [0.1, 0.15) is 11.6 Å². The summed E-state index contributed by atoms with van der Waals surface area (Å²) in [5.41, 5.74) is 0.802. The third kappa shape index (κ3) is 4.30. The van der Waals surface area contributed by atoms with Gasteiger partial charge in [-0.1, -0.05) is 32.1 Å². The molecule has 2 nitrogen and oxygen atoms in total. The summed E-state index contributed by atoms with van der Waals surface area (Å²) in [6.45, 7) is 1.60. The van der Waals surface area contributed by atoms with Crippen molar-refractivity contribution in [3.8, 4) is 5.75 Å². The van der Waals surface area contributed by atoms with Crippen LogP contribution in [0.25, 0.3) is 0 Å². The first-order chi connectivity index (χ1) is 8.74. The van der Waals surface area contributed by atoms with Crippen molar-refractivity contribution >= 4 is 0 Å². The van der Waals surface area contributed by atoms with E-state index in [9.17, 15) is 9.50 Å². The highest BCUT2D eigenvalue weighted by Crippen LogP contribution is 2.25. The van der Waals surface area contributed by atoms with Crippen LogP contribution in [0.5, 0.6) is 5.75 Å². The predicted octanol–water partition coefficient (Wildman–Crippen LogP) is 3.59. The normalized spacial score (nSPS) is 16.9. The van der Waals surface area contributed by atoms with Crippen LogP contribution in [0.2, 0.25) is 0 Å². The van der Waals surface area contributed by atoms with Crippen LogP contribution in [-0.2, 0) is 6.54 Å². The molecule has 0 bridgehead atoms. The summed E-state index contributed by atoms with van der Waals surface area (Å²) in [5.74, 6) is 0.491. The Kier molecular flexibility index (Phi) is 5.00. The lowest BCUT2D eigenvalue weighted by molar-refractivity contribution is 0.334. The second kappa shape index (κ2) is 6.74. The van der Waals surface area contributed by atoms with Crippen LogP contribution in [0.15, 0.2) is 18.2 Å². The van der Waals surface area contributed by atoms with Gasteiger partial charge in [0, 0.05) is 12.6 Å². The van der Waals surface area contributed by atoms with Crippen molar-refractivity contribution in [3.05, 3.63) is 29.6 Å². The highest BCUT2D eigenvalue weighted by molar-refractivity contribution is 5.28. The Morgan fingerprint density at radius 3 is 2.67 bits per heavy atom. The van der Waals surface area contributed by atoms with Crippen molar-refractivity contribution in [2.75, 3.05) is 6.54 Å². The molecule has 1 aliphatic rings. The Hall–Kier alpha value is -1.09. The molecule has 1 fully saturated rings. The maximum atomic E-state index is 13.0. The fourth-order valence-electron chi connectivity index (χ4n) is 2.75. The molecule has 0 aromatic heterocycles. The average molecular weight is 251 g/mol. The van der Waals surface area contributed by atoms with Crippen molar-refractivity contribution in [2.45, 2.75) is 45.1 Å². The topological polar surface area (TPSA) is 32.3 Å². The lowest BCUT2D eigenvalue weighted by atomic mass is 9.87. The van der Waals surface area contributed by atoms with Gasteiger partial charge in [-0.15, -0.1) is 0 Å². The quantitative estimate of drug-likeness (QED) is 0.784. The van der Waals surface area contributed by atoms with E-state index >= 15 is 0 Å². The van der Waals surface area contributed by atoms with Crippen LogP contribution in [0.1, 0.15) is 44.1 Å². The highest BCUT2D eigenvalue weighted by Gasteiger charge is 2.12. The third-order valence-corrected chi connectivity index (χ3v) is 3.73. The van der Waals surface area contributed by atoms with E-state index in [-0.39, 0.29) is 11.6 Å². The predicted molar refractivity (Wildman–Crippen MR) is 71.0 cm³/mol. The SMILES string of the molecule is Oc1cc(F)cc(CNCCC2CCCCC2)c1. The summed E-state index contributed by atoms with van der Waals surface area (Å²) in [7, 11) is 0. The van der Waals surface area contributed by atoms with Crippen molar-refractivity contribution in [2.24, 2.45) is 5.92 Å². The van der Waals surface area contributed by atoms with Crippen molar-refractivity contribution in [1.29, 1.82) is 0 Å². The van der Waals surface area contributed by atoms with Gasteiger partial charge in [0.25, 0.3) is 0 Å². The van der Waals surface area contributed by atoms with E-state index in [1.165, 1.54) is 44.6 Å². The van der Waals surface area contributed by atoms with Gasteiger partial charge in [-0.25, -0.2) is 4.39 Å². The van der Waals surface area contributed by atoms with E-state index in [0.29, 0.717) is 6.54 Å². The Labute approximate surface area is 108 Å². The number of phenolic OH excluding ortho intramolecular Hbond substituents is 1. The number of nitrogens with one attached hydrogen (secondary N) is 1. The summed E-state index contributed by atoms with van der Waals surface area (Å²) >= 11 is 0. The van der Waals surface area contributed by atoms with Crippen LogP contribution in [0, 0.1) is 11.7 Å². The summed E-state index contributed by atoms with van der Waals surface area (Å²) in [6.07, 6.45) is 8.09. The van der Waals surface area contributed by atoms with E-state index in [0.717, 1.165) is 24.1 Å². The standard InChI is InChI=1S/C15H22FNO/c16-14-8-13(9-15(18)10-14)11-17-7-6-12-4-2-1-3-5-12/h8-10,12,17-18H,1-7,11H2. The third-order valence-electron chi connectivity index (χ3n) is 3.73. The molecule has 0 heterocycles. The summed E-state index contributed by atoms with van der Waals surface area (Å²) < 4.78 is 13.0. The highest BCUT2D eigenvalue weighted by atomic mass is 19.1. The van der Waals surface area contributed by atoms with Crippen LogP contribution in [0.4, 0.5) is 4.39 Å². The molecule has 100 valence electrons. The second-order valence-corrected chi connectivity index (χ2v) is 5.29. The first kappa shape index (κ1) is 13.3. The summed E-state index contributed by atoms with van der Waals surface area (Å²) in [5, 5.41) is 12.6. The number of benzene rings is 1. The fraction of sp³-hybridized carbons (Fsp3) is 0.600. The number of aromatic hydroxyl groups is 1. The summed E-state index contributed by atoms with van der Waals surface area (Å²) in [4.78, 5) is 0. The van der Waals surface area contributed by atoms with Gasteiger partial charge in [-0.2, -0.15) is 0 Å². The number of hydrogen-bond donors (Lipinski definition) is 2. The molecule has 1 aromatic rings. The molecular formula is C15H22FNO. The number of rotatable bonds is 5. The Balaban J connectivity index is 1.68. The minimum atomic E-state index is -0.376. The zero-order chi connectivity index (χ0) is 12.8.